The average molecular weight is 334 g/mol. The Bertz CT molecular complexity index is 626. The predicted octanol–water partition coefficient (Wildman–Crippen LogP) is 3.43. The number of hydrogen-bond donors (Lipinski definition) is 0. The SMILES string of the molecule is COc1ccc(CCN(C)C(=O)COc2ccc(Cl)cc2)cc1. The van der Waals surface area contributed by atoms with E-state index in [2.05, 4.69) is 0 Å². The molecule has 2 rings (SSSR count). The van der Waals surface area contributed by atoms with Gasteiger partial charge in [-0.1, -0.05) is 23.7 Å². The fraction of sp³-hybridized carbons (Fsp3) is 0.278. The molecule has 0 aliphatic carbocycles. The normalized spacial score (nSPS) is 10.2. The molecule has 0 saturated heterocycles. The third-order valence-electron chi connectivity index (χ3n) is 3.50. The van der Waals surface area contributed by atoms with Crippen LogP contribution < -0.4 is 9.47 Å². The van der Waals surface area contributed by atoms with Crippen molar-refractivity contribution in [3.8, 4) is 11.5 Å². The van der Waals surface area contributed by atoms with Crippen LogP contribution in [-0.2, 0) is 11.2 Å². The van der Waals surface area contributed by atoms with E-state index in [9.17, 15) is 4.79 Å². The van der Waals surface area contributed by atoms with Crippen molar-refractivity contribution in [3.63, 3.8) is 0 Å². The van der Waals surface area contributed by atoms with Crippen LogP contribution in [0.25, 0.3) is 0 Å². The molecule has 23 heavy (non-hydrogen) atoms. The lowest BCUT2D eigenvalue weighted by Gasteiger charge is -2.17. The van der Waals surface area contributed by atoms with E-state index in [4.69, 9.17) is 21.1 Å². The first kappa shape index (κ1) is 17.2. The van der Waals surface area contributed by atoms with Gasteiger partial charge in [0.2, 0.25) is 0 Å². The highest BCUT2D eigenvalue weighted by Gasteiger charge is 2.09. The van der Waals surface area contributed by atoms with Gasteiger partial charge in [-0.05, 0) is 48.4 Å². The number of hydrogen-bond acceptors (Lipinski definition) is 3. The second-order valence-corrected chi connectivity index (χ2v) is 5.59. The van der Waals surface area contributed by atoms with Crippen molar-refractivity contribution in [2.24, 2.45) is 0 Å². The quantitative estimate of drug-likeness (QED) is 0.779. The van der Waals surface area contributed by atoms with Crippen LogP contribution in [0.4, 0.5) is 0 Å². The van der Waals surface area contributed by atoms with Crippen LogP contribution in [0.5, 0.6) is 11.5 Å². The van der Waals surface area contributed by atoms with Gasteiger partial charge in [0.05, 0.1) is 7.11 Å². The zero-order chi connectivity index (χ0) is 16.7. The minimum absolute atomic E-state index is 0.0146. The number of benzene rings is 2. The standard InChI is InChI=1S/C18H20ClNO3/c1-20(12-11-14-3-7-16(22-2)8-4-14)18(21)13-23-17-9-5-15(19)6-10-17/h3-10H,11-13H2,1-2H3. The van der Waals surface area contributed by atoms with Crippen LogP contribution in [0.3, 0.4) is 0 Å². The topological polar surface area (TPSA) is 38.8 Å². The zero-order valence-corrected chi connectivity index (χ0v) is 14.0. The molecule has 0 aliphatic rings. The Morgan fingerprint density at radius 1 is 1.04 bits per heavy atom. The Morgan fingerprint density at radius 3 is 2.26 bits per heavy atom. The molecule has 0 radical (unpaired) electrons. The molecule has 0 N–H and O–H groups in total. The number of amides is 1. The van der Waals surface area contributed by atoms with Gasteiger partial charge in [0.1, 0.15) is 11.5 Å². The first-order valence-corrected chi connectivity index (χ1v) is 7.71. The Labute approximate surface area is 141 Å². The Morgan fingerprint density at radius 2 is 1.65 bits per heavy atom. The molecule has 0 fully saturated rings. The summed E-state index contributed by atoms with van der Waals surface area (Å²) in [5.41, 5.74) is 1.16. The van der Waals surface area contributed by atoms with Crippen molar-refractivity contribution in [1.29, 1.82) is 0 Å². The van der Waals surface area contributed by atoms with Crippen molar-refractivity contribution in [1.82, 2.24) is 4.90 Å². The van der Waals surface area contributed by atoms with Gasteiger partial charge in [0.25, 0.3) is 5.91 Å². The first-order valence-electron chi connectivity index (χ1n) is 7.34. The zero-order valence-electron chi connectivity index (χ0n) is 13.3. The summed E-state index contributed by atoms with van der Waals surface area (Å²) in [4.78, 5) is 13.7. The van der Waals surface area contributed by atoms with E-state index in [-0.39, 0.29) is 12.5 Å². The lowest BCUT2D eigenvalue weighted by molar-refractivity contribution is -0.132. The lowest BCUT2D eigenvalue weighted by Crippen LogP contribution is -2.33. The maximum absolute atomic E-state index is 12.1. The van der Waals surface area contributed by atoms with Gasteiger partial charge >= 0.3 is 0 Å². The fourth-order valence-electron chi connectivity index (χ4n) is 2.00. The monoisotopic (exact) mass is 333 g/mol. The summed E-state index contributed by atoms with van der Waals surface area (Å²) in [6, 6.07) is 14.8. The van der Waals surface area contributed by atoms with Crippen LogP contribution in [0.15, 0.2) is 48.5 Å². The van der Waals surface area contributed by atoms with Crippen molar-refractivity contribution in [3.05, 3.63) is 59.1 Å². The van der Waals surface area contributed by atoms with Gasteiger partial charge in [-0.3, -0.25) is 4.79 Å². The van der Waals surface area contributed by atoms with Gasteiger partial charge < -0.3 is 14.4 Å². The number of nitrogens with zero attached hydrogens (tertiary/aromatic N) is 1. The summed E-state index contributed by atoms with van der Waals surface area (Å²) in [7, 11) is 3.42. The molecule has 2 aromatic rings. The Kier molecular flexibility index (Phi) is 6.29. The summed E-state index contributed by atoms with van der Waals surface area (Å²) in [6.07, 6.45) is 0.785. The molecule has 0 bridgehead atoms. The van der Waals surface area contributed by atoms with E-state index in [1.54, 1.807) is 43.3 Å². The molecule has 122 valence electrons. The van der Waals surface area contributed by atoms with Crippen LogP contribution in [-0.4, -0.2) is 38.1 Å². The van der Waals surface area contributed by atoms with Crippen LogP contribution in [0.1, 0.15) is 5.56 Å². The molecule has 0 atom stereocenters. The van der Waals surface area contributed by atoms with Gasteiger partial charge in [0, 0.05) is 18.6 Å². The highest BCUT2D eigenvalue weighted by atomic mass is 35.5. The summed E-state index contributed by atoms with van der Waals surface area (Å²) >= 11 is 5.80. The highest BCUT2D eigenvalue weighted by Crippen LogP contribution is 2.15. The third kappa shape index (κ3) is 5.49. The largest absolute Gasteiger partial charge is 0.497 e. The van der Waals surface area contributed by atoms with E-state index in [0.717, 1.165) is 17.7 Å². The predicted molar refractivity (Wildman–Crippen MR) is 91.3 cm³/mol. The molecular formula is C18H20ClNO3. The molecule has 0 unspecified atom stereocenters. The van der Waals surface area contributed by atoms with E-state index >= 15 is 0 Å². The molecule has 0 aliphatic heterocycles. The number of ether oxygens (including phenoxy) is 2. The number of halogens is 1. The van der Waals surface area contributed by atoms with Crippen LogP contribution in [0.2, 0.25) is 5.02 Å². The van der Waals surface area contributed by atoms with Gasteiger partial charge in [-0.15, -0.1) is 0 Å². The molecule has 2 aromatic carbocycles. The summed E-state index contributed by atoms with van der Waals surface area (Å²) in [5.74, 6) is 1.40. The smallest absolute Gasteiger partial charge is 0.260 e. The molecule has 0 aromatic heterocycles. The fourth-order valence-corrected chi connectivity index (χ4v) is 2.13. The second kappa shape index (κ2) is 8.44. The molecule has 1 amide bonds. The highest BCUT2D eigenvalue weighted by molar-refractivity contribution is 6.30. The molecule has 5 heteroatoms. The van der Waals surface area contributed by atoms with E-state index in [0.29, 0.717) is 17.3 Å². The molecule has 0 spiro atoms. The lowest BCUT2D eigenvalue weighted by atomic mass is 10.1. The minimum atomic E-state index is -0.0616. The number of carbonyl (C=O) groups excluding carboxylic acids is 1. The Balaban J connectivity index is 1.76. The molecule has 4 nitrogen and oxygen atoms in total. The van der Waals surface area contributed by atoms with Gasteiger partial charge in [0.15, 0.2) is 6.61 Å². The number of likely N-dealkylation sites (N-methyl/N-ethyl adjacent to an activating group) is 1. The van der Waals surface area contributed by atoms with E-state index < -0.39 is 0 Å². The summed E-state index contributed by atoms with van der Waals surface area (Å²) < 4.78 is 10.6. The maximum atomic E-state index is 12.1. The average Bonchev–Trinajstić information content (AvgIpc) is 2.59. The van der Waals surface area contributed by atoms with Crippen molar-refractivity contribution >= 4 is 17.5 Å². The van der Waals surface area contributed by atoms with Crippen molar-refractivity contribution in [2.45, 2.75) is 6.42 Å². The van der Waals surface area contributed by atoms with Crippen LogP contribution >= 0.6 is 11.6 Å². The summed E-state index contributed by atoms with van der Waals surface area (Å²) in [5, 5.41) is 0.639. The summed E-state index contributed by atoms with van der Waals surface area (Å²) in [6.45, 7) is 0.649. The van der Waals surface area contributed by atoms with Crippen LogP contribution in [0, 0.1) is 0 Å². The molecular weight excluding hydrogens is 314 g/mol. The minimum Gasteiger partial charge on any atom is -0.497 e. The van der Waals surface area contributed by atoms with E-state index in [1.807, 2.05) is 24.3 Å². The Hall–Kier alpha value is -2.20. The van der Waals surface area contributed by atoms with Crippen molar-refractivity contribution in [2.75, 3.05) is 27.3 Å². The van der Waals surface area contributed by atoms with Crippen molar-refractivity contribution < 1.29 is 14.3 Å². The number of rotatable bonds is 7. The first-order chi connectivity index (χ1) is 11.1. The van der Waals surface area contributed by atoms with Gasteiger partial charge in [-0.2, -0.15) is 0 Å². The third-order valence-corrected chi connectivity index (χ3v) is 3.75. The van der Waals surface area contributed by atoms with Gasteiger partial charge in [-0.25, -0.2) is 0 Å². The number of carbonyl (C=O) groups is 1. The molecule has 0 heterocycles. The molecule has 0 saturated carbocycles. The number of methoxy groups -OCH3 is 1. The second-order valence-electron chi connectivity index (χ2n) is 5.16. The maximum Gasteiger partial charge on any atom is 0.260 e. The van der Waals surface area contributed by atoms with E-state index in [1.165, 1.54) is 0 Å².